The summed E-state index contributed by atoms with van der Waals surface area (Å²) in [5, 5.41) is 3.12. The van der Waals surface area contributed by atoms with Gasteiger partial charge >= 0.3 is 0 Å². The molecule has 0 radical (unpaired) electrons. The first kappa shape index (κ1) is 31.9. The van der Waals surface area contributed by atoms with Crippen molar-refractivity contribution in [2.75, 3.05) is 24.6 Å². The number of rotatable bonds is 13. The average Bonchev–Trinajstić information content (AvgIpc) is 3.03. The summed E-state index contributed by atoms with van der Waals surface area (Å²) in [6, 6.07) is 21.2. The third-order valence-corrected chi connectivity index (χ3v) is 9.45. The third-order valence-electron chi connectivity index (χ3n) is 7.67. The van der Waals surface area contributed by atoms with Crippen LogP contribution in [0.15, 0.2) is 83.8 Å². The molecule has 0 saturated heterocycles. The molecule has 0 heterocycles. The minimum absolute atomic E-state index is 0.0406. The van der Waals surface area contributed by atoms with Gasteiger partial charge in [-0.3, -0.25) is 13.9 Å². The second kappa shape index (κ2) is 14.9. The largest absolute Gasteiger partial charge is 0.497 e. The maximum absolute atomic E-state index is 14.2. The number of carbonyl (C=O) groups is 2. The van der Waals surface area contributed by atoms with Crippen molar-refractivity contribution in [3.8, 4) is 11.5 Å². The van der Waals surface area contributed by atoms with Crippen molar-refractivity contribution in [3.05, 3.63) is 84.4 Å². The van der Waals surface area contributed by atoms with Crippen LogP contribution in [0, 0.1) is 0 Å². The Morgan fingerprint density at radius 2 is 1.58 bits per heavy atom. The Bertz CT molecular complexity index is 1460. The summed E-state index contributed by atoms with van der Waals surface area (Å²) in [6.07, 6.45) is 5.07. The predicted octanol–water partition coefficient (Wildman–Crippen LogP) is 5.16. The van der Waals surface area contributed by atoms with Crippen LogP contribution < -0.4 is 19.1 Å². The Hall–Kier alpha value is -4.05. The van der Waals surface area contributed by atoms with Crippen molar-refractivity contribution in [2.24, 2.45) is 0 Å². The van der Waals surface area contributed by atoms with Gasteiger partial charge in [0.25, 0.3) is 10.0 Å². The van der Waals surface area contributed by atoms with Crippen LogP contribution in [-0.2, 0) is 26.2 Å². The number of methoxy groups -OCH3 is 1. The highest BCUT2D eigenvalue weighted by molar-refractivity contribution is 7.92. The maximum atomic E-state index is 14.2. The zero-order valence-electron chi connectivity index (χ0n) is 25.1. The molecule has 0 unspecified atom stereocenters. The molecule has 0 spiro atoms. The zero-order chi connectivity index (χ0) is 30.8. The minimum atomic E-state index is -4.19. The molecule has 0 bridgehead atoms. The smallest absolute Gasteiger partial charge is 0.264 e. The number of hydrogen-bond donors (Lipinski definition) is 1. The van der Waals surface area contributed by atoms with Gasteiger partial charge in [-0.05, 0) is 68.7 Å². The monoisotopic (exact) mass is 607 g/mol. The van der Waals surface area contributed by atoms with E-state index in [1.165, 1.54) is 17.0 Å². The van der Waals surface area contributed by atoms with Crippen LogP contribution in [-0.4, -0.2) is 57.5 Å². The van der Waals surface area contributed by atoms with Gasteiger partial charge in [0.1, 0.15) is 24.1 Å². The Morgan fingerprint density at radius 3 is 2.23 bits per heavy atom. The Labute approximate surface area is 254 Å². The van der Waals surface area contributed by atoms with E-state index in [9.17, 15) is 18.0 Å². The van der Waals surface area contributed by atoms with Gasteiger partial charge in [0.2, 0.25) is 11.8 Å². The normalized spacial score (nSPS) is 14.4. The summed E-state index contributed by atoms with van der Waals surface area (Å²) < 4.78 is 40.2. The average molecular weight is 608 g/mol. The van der Waals surface area contributed by atoms with Crippen molar-refractivity contribution in [1.29, 1.82) is 0 Å². The van der Waals surface area contributed by atoms with E-state index < -0.39 is 28.5 Å². The molecule has 230 valence electrons. The standard InChI is InChI=1S/C33H41N3O6S/c1-4-42-31-18-12-11-17-30(31)36(43(39,40)29-15-9-6-10-16-29)24-32(37)35(23-26-19-21-28(41-3)22-20-26)25(2)33(38)34-27-13-7-5-8-14-27/h6,9-12,15-22,25,27H,4-5,7-8,13-14,23-24H2,1-3H3,(H,34,38)/t25-/m1/s1. The first-order valence-corrected chi connectivity index (χ1v) is 16.2. The van der Waals surface area contributed by atoms with E-state index in [2.05, 4.69) is 5.32 Å². The molecule has 1 atom stereocenters. The highest BCUT2D eigenvalue weighted by atomic mass is 32.2. The van der Waals surface area contributed by atoms with E-state index in [1.54, 1.807) is 75.6 Å². The fourth-order valence-electron chi connectivity index (χ4n) is 5.25. The molecule has 0 aliphatic heterocycles. The number of nitrogens with one attached hydrogen (secondary N) is 1. The molecule has 9 nitrogen and oxygen atoms in total. The molecule has 1 aliphatic rings. The van der Waals surface area contributed by atoms with Gasteiger partial charge in [-0.1, -0.05) is 61.7 Å². The Balaban J connectivity index is 1.70. The number of carbonyl (C=O) groups excluding carboxylic acids is 2. The fourth-order valence-corrected chi connectivity index (χ4v) is 6.70. The van der Waals surface area contributed by atoms with E-state index >= 15 is 0 Å². The van der Waals surface area contributed by atoms with Gasteiger partial charge in [0, 0.05) is 12.6 Å². The lowest BCUT2D eigenvalue weighted by Crippen LogP contribution is -2.53. The van der Waals surface area contributed by atoms with Crippen LogP contribution in [0.5, 0.6) is 11.5 Å². The van der Waals surface area contributed by atoms with Gasteiger partial charge < -0.3 is 19.7 Å². The fraction of sp³-hybridized carbons (Fsp3) is 0.394. The van der Waals surface area contributed by atoms with Crippen LogP contribution >= 0.6 is 0 Å². The second-order valence-corrected chi connectivity index (χ2v) is 12.5. The van der Waals surface area contributed by atoms with Crippen LogP contribution in [0.1, 0.15) is 51.5 Å². The van der Waals surface area contributed by atoms with Gasteiger partial charge in [-0.2, -0.15) is 0 Å². The molecule has 2 amide bonds. The number of amides is 2. The van der Waals surface area contributed by atoms with E-state index in [0.717, 1.165) is 42.0 Å². The lowest BCUT2D eigenvalue weighted by atomic mass is 9.95. The SMILES string of the molecule is CCOc1ccccc1N(CC(=O)N(Cc1ccc(OC)cc1)[C@H](C)C(=O)NC1CCCCC1)S(=O)(=O)c1ccccc1. The predicted molar refractivity (Wildman–Crippen MR) is 167 cm³/mol. The summed E-state index contributed by atoms with van der Waals surface area (Å²) >= 11 is 0. The summed E-state index contributed by atoms with van der Waals surface area (Å²) in [4.78, 5) is 29.2. The molecule has 1 saturated carbocycles. The highest BCUT2D eigenvalue weighted by Gasteiger charge is 2.34. The summed E-state index contributed by atoms with van der Waals surface area (Å²) in [5.41, 5.74) is 1.02. The zero-order valence-corrected chi connectivity index (χ0v) is 25.9. The van der Waals surface area contributed by atoms with E-state index in [-0.39, 0.29) is 29.1 Å². The van der Waals surface area contributed by atoms with E-state index in [0.29, 0.717) is 18.1 Å². The number of ether oxygens (including phenoxy) is 2. The molecule has 10 heteroatoms. The van der Waals surface area contributed by atoms with Crippen molar-refractivity contribution >= 4 is 27.5 Å². The number of hydrogen-bond acceptors (Lipinski definition) is 6. The number of sulfonamides is 1. The number of nitrogens with zero attached hydrogens (tertiary/aromatic N) is 2. The molecule has 3 aromatic rings. The van der Waals surface area contributed by atoms with Crippen LogP contribution in [0.2, 0.25) is 0 Å². The minimum Gasteiger partial charge on any atom is -0.497 e. The van der Waals surface area contributed by atoms with E-state index in [4.69, 9.17) is 9.47 Å². The maximum Gasteiger partial charge on any atom is 0.264 e. The number of para-hydroxylation sites is 2. The summed E-state index contributed by atoms with van der Waals surface area (Å²) in [6.45, 7) is 3.38. The van der Waals surface area contributed by atoms with Crippen LogP contribution in [0.4, 0.5) is 5.69 Å². The molecule has 3 aromatic carbocycles. The molecular weight excluding hydrogens is 566 g/mol. The van der Waals surface area contributed by atoms with Crippen molar-refractivity contribution in [1.82, 2.24) is 10.2 Å². The third kappa shape index (κ3) is 8.07. The van der Waals surface area contributed by atoms with Crippen molar-refractivity contribution in [2.45, 2.75) is 69.5 Å². The lowest BCUT2D eigenvalue weighted by molar-refractivity contribution is -0.139. The van der Waals surface area contributed by atoms with Crippen molar-refractivity contribution < 1.29 is 27.5 Å². The van der Waals surface area contributed by atoms with Gasteiger partial charge in [0.15, 0.2) is 0 Å². The first-order valence-electron chi connectivity index (χ1n) is 14.8. The highest BCUT2D eigenvalue weighted by Crippen LogP contribution is 2.33. The second-order valence-electron chi connectivity index (χ2n) is 10.6. The Kier molecular flexibility index (Phi) is 11.1. The van der Waals surface area contributed by atoms with Gasteiger partial charge in [-0.15, -0.1) is 0 Å². The van der Waals surface area contributed by atoms with Gasteiger partial charge in [-0.25, -0.2) is 8.42 Å². The van der Waals surface area contributed by atoms with E-state index in [1.807, 2.05) is 12.1 Å². The topological polar surface area (TPSA) is 105 Å². The number of anilines is 1. The van der Waals surface area contributed by atoms with Gasteiger partial charge in [0.05, 0.1) is 24.3 Å². The Morgan fingerprint density at radius 1 is 0.930 bits per heavy atom. The first-order chi connectivity index (χ1) is 20.7. The molecular formula is C33H41N3O6S. The lowest BCUT2D eigenvalue weighted by Gasteiger charge is -2.33. The summed E-state index contributed by atoms with van der Waals surface area (Å²) in [7, 11) is -2.61. The summed E-state index contributed by atoms with van der Waals surface area (Å²) in [5.74, 6) is 0.216. The van der Waals surface area contributed by atoms with Crippen LogP contribution in [0.25, 0.3) is 0 Å². The molecule has 1 fully saturated rings. The molecule has 43 heavy (non-hydrogen) atoms. The molecule has 1 N–H and O–H groups in total. The molecule has 1 aliphatic carbocycles. The quantitative estimate of drug-likeness (QED) is 0.288. The van der Waals surface area contributed by atoms with Crippen LogP contribution in [0.3, 0.4) is 0 Å². The number of benzene rings is 3. The van der Waals surface area contributed by atoms with Crippen molar-refractivity contribution in [3.63, 3.8) is 0 Å². The molecule has 4 rings (SSSR count). The molecule has 0 aromatic heterocycles.